The van der Waals surface area contributed by atoms with Crippen molar-refractivity contribution in [2.75, 3.05) is 6.54 Å². The van der Waals surface area contributed by atoms with Gasteiger partial charge in [0.05, 0.1) is 15.7 Å². The van der Waals surface area contributed by atoms with Gasteiger partial charge in [-0.05, 0) is 31.9 Å². The van der Waals surface area contributed by atoms with E-state index >= 15 is 0 Å². The molecule has 112 valence electrons. The van der Waals surface area contributed by atoms with Crippen molar-refractivity contribution in [1.29, 1.82) is 0 Å². The Morgan fingerprint density at radius 1 is 1.40 bits per heavy atom. The first-order valence-electron chi connectivity index (χ1n) is 6.62. The van der Waals surface area contributed by atoms with E-state index in [9.17, 15) is 14.7 Å². The summed E-state index contributed by atoms with van der Waals surface area (Å²) in [5, 5.41) is 12.1. The van der Waals surface area contributed by atoms with Crippen molar-refractivity contribution in [3.63, 3.8) is 0 Å². The number of carbonyl (C=O) groups excluding carboxylic acids is 1. The number of amides is 1. The lowest BCUT2D eigenvalue weighted by atomic mass is 9.82. The zero-order chi connectivity index (χ0) is 15.3. The third-order valence-corrected chi connectivity index (χ3v) is 5.24. The highest BCUT2D eigenvalue weighted by atomic mass is 35.5. The van der Waals surface area contributed by atoms with E-state index in [0.29, 0.717) is 17.2 Å². The molecule has 4 nitrogen and oxygen atoms in total. The number of carboxylic acid groups (broad SMARTS) is 1. The van der Waals surface area contributed by atoms with Gasteiger partial charge in [0.2, 0.25) is 5.91 Å². The van der Waals surface area contributed by atoms with Gasteiger partial charge in [-0.3, -0.25) is 9.59 Å². The van der Waals surface area contributed by atoms with Crippen LogP contribution >= 0.6 is 22.9 Å². The van der Waals surface area contributed by atoms with Crippen LogP contribution in [0.3, 0.4) is 0 Å². The Kier molecular flexibility index (Phi) is 6.02. The molecule has 0 spiro atoms. The maximum atomic E-state index is 12.1. The van der Waals surface area contributed by atoms with E-state index in [1.54, 1.807) is 13.0 Å². The second kappa shape index (κ2) is 7.09. The van der Waals surface area contributed by atoms with Gasteiger partial charge in [0, 0.05) is 11.4 Å². The summed E-state index contributed by atoms with van der Waals surface area (Å²) in [6.07, 6.45) is 0.969. The standard InChI is InChI=1S/C14H20ClNO3S/c1-4-14(5-2,13(18)19)8-16-12(17)9(3)10-6-7-11(15)20-10/h6-7,9H,4-5,8H2,1-3H3,(H,16,17)(H,18,19). The van der Waals surface area contributed by atoms with Crippen molar-refractivity contribution in [3.05, 3.63) is 21.3 Å². The molecule has 2 N–H and O–H groups in total. The largest absolute Gasteiger partial charge is 0.481 e. The molecule has 0 fully saturated rings. The number of carboxylic acids is 1. The summed E-state index contributed by atoms with van der Waals surface area (Å²) < 4.78 is 0.640. The van der Waals surface area contributed by atoms with Crippen LogP contribution in [0.2, 0.25) is 4.34 Å². The van der Waals surface area contributed by atoms with Gasteiger partial charge >= 0.3 is 5.97 Å². The number of rotatable bonds is 7. The quantitative estimate of drug-likeness (QED) is 0.808. The molecular formula is C14H20ClNO3S. The molecule has 0 aliphatic heterocycles. The van der Waals surface area contributed by atoms with Crippen molar-refractivity contribution >= 4 is 34.8 Å². The molecule has 1 rings (SSSR count). The molecule has 0 aliphatic rings. The lowest BCUT2D eigenvalue weighted by Gasteiger charge is -2.27. The summed E-state index contributed by atoms with van der Waals surface area (Å²) in [7, 11) is 0. The van der Waals surface area contributed by atoms with E-state index in [-0.39, 0.29) is 18.4 Å². The fourth-order valence-electron chi connectivity index (χ4n) is 1.98. The van der Waals surface area contributed by atoms with Gasteiger partial charge in [-0.25, -0.2) is 0 Å². The number of aliphatic carboxylic acids is 1. The van der Waals surface area contributed by atoms with Crippen molar-refractivity contribution < 1.29 is 14.7 Å². The first-order valence-corrected chi connectivity index (χ1v) is 7.82. The van der Waals surface area contributed by atoms with Gasteiger partial charge in [0.1, 0.15) is 0 Å². The minimum atomic E-state index is -0.886. The Balaban J connectivity index is 2.69. The number of hydrogen-bond acceptors (Lipinski definition) is 3. The summed E-state index contributed by atoms with van der Waals surface area (Å²) in [6.45, 7) is 5.59. The minimum Gasteiger partial charge on any atom is -0.481 e. The first-order chi connectivity index (χ1) is 9.36. The van der Waals surface area contributed by atoms with Gasteiger partial charge in [-0.1, -0.05) is 25.4 Å². The van der Waals surface area contributed by atoms with Gasteiger partial charge < -0.3 is 10.4 Å². The normalized spacial score (nSPS) is 13.0. The van der Waals surface area contributed by atoms with Gasteiger partial charge in [0.15, 0.2) is 0 Å². The zero-order valence-corrected chi connectivity index (χ0v) is 13.5. The molecule has 1 heterocycles. The number of carbonyl (C=O) groups is 2. The Hall–Kier alpha value is -1.07. The second-order valence-corrected chi connectivity index (χ2v) is 6.62. The summed E-state index contributed by atoms with van der Waals surface area (Å²) >= 11 is 7.22. The average Bonchev–Trinajstić information content (AvgIpc) is 2.85. The molecule has 20 heavy (non-hydrogen) atoms. The van der Waals surface area contributed by atoms with Gasteiger partial charge in [-0.15, -0.1) is 11.3 Å². The molecule has 1 atom stereocenters. The molecular weight excluding hydrogens is 298 g/mol. The van der Waals surface area contributed by atoms with E-state index in [2.05, 4.69) is 5.32 Å². The SMILES string of the molecule is CCC(CC)(CNC(=O)C(C)c1ccc(Cl)s1)C(=O)O. The third-order valence-electron chi connectivity index (χ3n) is 3.82. The smallest absolute Gasteiger partial charge is 0.311 e. The third kappa shape index (κ3) is 3.73. The van der Waals surface area contributed by atoms with Crippen LogP contribution in [0, 0.1) is 5.41 Å². The molecule has 0 saturated carbocycles. The summed E-state index contributed by atoms with van der Waals surface area (Å²) in [6, 6.07) is 3.58. The van der Waals surface area contributed by atoms with E-state index in [1.165, 1.54) is 11.3 Å². The van der Waals surface area contributed by atoms with Gasteiger partial charge in [-0.2, -0.15) is 0 Å². The summed E-state index contributed by atoms with van der Waals surface area (Å²) in [5.41, 5.74) is -0.886. The monoisotopic (exact) mass is 317 g/mol. The fraction of sp³-hybridized carbons (Fsp3) is 0.571. The highest BCUT2D eigenvalue weighted by molar-refractivity contribution is 7.16. The number of halogens is 1. The van der Waals surface area contributed by atoms with Crippen LogP contribution in [0.15, 0.2) is 12.1 Å². The number of nitrogens with one attached hydrogen (secondary N) is 1. The molecule has 1 aromatic rings. The van der Waals surface area contributed by atoms with Gasteiger partial charge in [0.25, 0.3) is 0 Å². The first kappa shape index (κ1) is 17.0. The fourth-order valence-corrected chi connectivity index (χ4v) is 3.09. The van der Waals surface area contributed by atoms with Crippen LogP contribution < -0.4 is 5.32 Å². The summed E-state index contributed by atoms with van der Waals surface area (Å²) in [5.74, 6) is -1.36. The lowest BCUT2D eigenvalue weighted by Crippen LogP contribution is -2.43. The Morgan fingerprint density at radius 2 is 2.00 bits per heavy atom. The van der Waals surface area contributed by atoms with E-state index < -0.39 is 11.4 Å². The highest BCUT2D eigenvalue weighted by Crippen LogP contribution is 2.29. The molecule has 6 heteroatoms. The average molecular weight is 318 g/mol. The maximum absolute atomic E-state index is 12.1. The number of hydrogen-bond donors (Lipinski definition) is 2. The zero-order valence-electron chi connectivity index (χ0n) is 11.9. The van der Waals surface area contributed by atoms with Crippen molar-refractivity contribution in [1.82, 2.24) is 5.32 Å². The Bertz CT molecular complexity index is 483. The van der Waals surface area contributed by atoms with E-state index in [4.69, 9.17) is 11.6 Å². The molecule has 1 aromatic heterocycles. The molecule has 1 amide bonds. The van der Waals surface area contributed by atoms with E-state index in [0.717, 1.165) is 4.88 Å². The molecule has 0 bridgehead atoms. The molecule has 0 aromatic carbocycles. The van der Waals surface area contributed by atoms with Crippen LogP contribution in [0.5, 0.6) is 0 Å². The van der Waals surface area contributed by atoms with Crippen LogP contribution in [0.4, 0.5) is 0 Å². The van der Waals surface area contributed by atoms with Crippen molar-refractivity contribution in [2.24, 2.45) is 5.41 Å². The van der Waals surface area contributed by atoms with Crippen LogP contribution in [0.25, 0.3) is 0 Å². The highest BCUT2D eigenvalue weighted by Gasteiger charge is 2.35. The minimum absolute atomic E-state index is 0.150. The van der Waals surface area contributed by atoms with Crippen LogP contribution in [-0.2, 0) is 9.59 Å². The Labute approximate surface area is 128 Å². The Morgan fingerprint density at radius 3 is 2.40 bits per heavy atom. The topological polar surface area (TPSA) is 66.4 Å². The number of thiophene rings is 1. The molecule has 0 aliphatic carbocycles. The predicted molar refractivity (Wildman–Crippen MR) is 81.4 cm³/mol. The van der Waals surface area contributed by atoms with Crippen molar-refractivity contribution in [2.45, 2.75) is 39.5 Å². The second-order valence-electron chi connectivity index (χ2n) is 4.87. The summed E-state index contributed by atoms with van der Waals surface area (Å²) in [4.78, 5) is 24.4. The molecule has 0 radical (unpaired) electrons. The van der Waals surface area contributed by atoms with Crippen molar-refractivity contribution in [3.8, 4) is 0 Å². The molecule has 1 unspecified atom stereocenters. The maximum Gasteiger partial charge on any atom is 0.311 e. The predicted octanol–water partition coefficient (Wildman–Crippen LogP) is 3.51. The van der Waals surface area contributed by atoms with E-state index in [1.807, 2.05) is 19.9 Å². The van der Waals surface area contributed by atoms with Crippen LogP contribution in [0.1, 0.15) is 44.4 Å². The van der Waals surface area contributed by atoms with Crippen LogP contribution in [-0.4, -0.2) is 23.5 Å². The lowest BCUT2D eigenvalue weighted by molar-refractivity contribution is -0.149. The molecule has 0 saturated heterocycles.